The molecule has 1 aliphatic heterocycles. The molecule has 0 aliphatic carbocycles. The maximum atomic E-state index is 13.1. The number of benzene rings is 2. The van der Waals surface area contributed by atoms with Crippen molar-refractivity contribution in [2.24, 2.45) is 0 Å². The second kappa shape index (κ2) is 8.89. The Morgan fingerprint density at radius 3 is 2.48 bits per heavy atom. The van der Waals surface area contributed by atoms with Crippen molar-refractivity contribution in [2.45, 2.75) is 24.3 Å². The maximum Gasteiger partial charge on any atom is 0.243 e. The third-order valence-electron chi connectivity index (χ3n) is 5.24. The number of ether oxygens (including phenoxy) is 1. The highest BCUT2D eigenvalue weighted by atomic mass is 32.2. The Hall–Kier alpha value is -2.56. The van der Waals surface area contributed by atoms with Crippen molar-refractivity contribution in [3.63, 3.8) is 0 Å². The third kappa shape index (κ3) is 4.70. The summed E-state index contributed by atoms with van der Waals surface area (Å²) < 4.78 is 50.3. The summed E-state index contributed by atoms with van der Waals surface area (Å²) >= 11 is 1.30. The number of nitrogens with zero attached hydrogens (tertiary/aromatic N) is 4. The van der Waals surface area contributed by atoms with Gasteiger partial charge >= 0.3 is 0 Å². The van der Waals surface area contributed by atoms with Crippen LogP contribution in [0.3, 0.4) is 0 Å². The van der Waals surface area contributed by atoms with Crippen molar-refractivity contribution in [2.75, 3.05) is 31.6 Å². The second-order valence-electron chi connectivity index (χ2n) is 7.38. The first-order valence-corrected chi connectivity index (χ1v) is 12.1. The van der Waals surface area contributed by atoms with E-state index in [1.807, 2.05) is 6.92 Å². The number of aromatic nitrogens is 2. The van der Waals surface area contributed by atoms with E-state index in [1.54, 1.807) is 43.5 Å². The van der Waals surface area contributed by atoms with Gasteiger partial charge in [-0.25, -0.2) is 17.8 Å². The van der Waals surface area contributed by atoms with Crippen LogP contribution in [0.25, 0.3) is 0 Å². The molecule has 2 heterocycles. The van der Waals surface area contributed by atoms with E-state index in [1.165, 1.54) is 28.0 Å². The summed E-state index contributed by atoms with van der Waals surface area (Å²) in [5.74, 6) is 1.02. The van der Waals surface area contributed by atoms with Crippen LogP contribution in [0, 0.1) is 5.82 Å². The molecular formula is C21H23FN4O3S2. The molecule has 1 aromatic heterocycles. The molecule has 0 N–H and O–H groups in total. The molecule has 0 bridgehead atoms. The zero-order chi connectivity index (χ0) is 22.0. The number of hydrogen-bond acceptors (Lipinski definition) is 7. The Bertz CT molecular complexity index is 1130. The fourth-order valence-electron chi connectivity index (χ4n) is 3.58. The normalized spacial score (nSPS) is 17.6. The van der Waals surface area contributed by atoms with Crippen LogP contribution >= 0.6 is 11.5 Å². The molecule has 2 aromatic carbocycles. The summed E-state index contributed by atoms with van der Waals surface area (Å²) in [7, 11) is -2.05. The van der Waals surface area contributed by atoms with E-state index in [0.717, 1.165) is 10.7 Å². The summed E-state index contributed by atoms with van der Waals surface area (Å²) in [4.78, 5) is 6.93. The largest absolute Gasteiger partial charge is 0.497 e. The lowest BCUT2D eigenvalue weighted by Crippen LogP contribution is -2.54. The molecule has 10 heteroatoms. The molecule has 1 saturated heterocycles. The van der Waals surface area contributed by atoms with Gasteiger partial charge in [0, 0.05) is 43.6 Å². The predicted octanol–water partition coefficient (Wildman–Crippen LogP) is 3.18. The lowest BCUT2D eigenvalue weighted by atomic mass is 10.1. The Morgan fingerprint density at radius 1 is 1.13 bits per heavy atom. The Morgan fingerprint density at radius 2 is 1.84 bits per heavy atom. The van der Waals surface area contributed by atoms with Gasteiger partial charge in [-0.1, -0.05) is 12.1 Å². The van der Waals surface area contributed by atoms with Gasteiger partial charge in [-0.3, -0.25) is 0 Å². The lowest BCUT2D eigenvalue weighted by molar-refractivity contribution is 0.306. The molecule has 1 aliphatic rings. The highest BCUT2D eigenvalue weighted by Crippen LogP contribution is 2.27. The SMILES string of the molecule is COc1ccc(S(=O)(=O)N2CCN(c3nc(Cc4ccc(F)cc4)ns3)CC2C)cc1. The molecule has 164 valence electrons. The summed E-state index contributed by atoms with van der Waals surface area (Å²) in [5.41, 5.74) is 0.939. The van der Waals surface area contributed by atoms with Crippen LogP contribution in [0.1, 0.15) is 18.3 Å². The Balaban J connectivity index is 1.43. The molecule has 4 rings (SSSR count). The van der Waals surface area contributed by atoms with E-state index in [2.05, 4.69) is 14.3 Å². The average molecular weight is 463 g/mol. The van der Waals surface area contributed by atoms with Crippen LogP contribution in [0.2, 0.25) is 0 Å². The molecule has 0 saturated carbocycles. The summed E-state index contributed by atoms with van der Waals surface area (Å²) in [6.07, 6.45) is 0.526. The van der Waals surface area contributed by atoms with Gasteiger partial charge in [0.2, 0.25) is 15.2 Å². The van der Waals surface area contributed by atoms with E-state index >= 15 is 0 Å². The van der Waals surface area contributed by atoms with E-state index in [9.17, 15) is 12.8 Å². The number of anilines is 1. The quantitative estimate of drug-likeness (QED) is 0.560. The van der Waals surface area contributed by atoms with Gasteiger partial charge in [0.05, 0.1) is 12.0 Å². The Kier molecular flexibility index (Phi) is 6.22. The van der Waals surface area contributed by atoms with Crippen molar-refractivity contribution in [3.8, 4) is 5.75 Å². The van der Waals surface area contributed by atoms with Crippen molar-refractivity contribution in [3.05, 3.63) is 65.7 Å². The van der Waals surface area contributed by atoms with Crippen LogP contribution in [0.15, 0.2) is 53.4 Å². The number of methoxy groups -OCH3 is 1. The molecule has 0 radical (unpaired) electrons. The molecule has 31 heavy (non-hydrogen) atoms. The van der Waals surface area contributed by atoms with Gasteiger partial charge in [-0.2, -0.15) is 8.68 Å². The van der Waals surface area contributed by atoms with Gasteiger partial charge in [-0.15, -0.1) is 0 Å². The van der Waals surface area contributed by atoms with Gasteiger partial charge in [0.15, 0.2) is 0 Å². The number of piperazine rings is 1. The topological polar surface area (TPSA) is 75.6 Å². The maximum absolute atomic E-state index is 13.1. The first-order valence-electron chi connectivity index (χ1n) is 9.84. The van der Waals surface area contributed by atoms with Crippen molar-refractivity contribution in [1.29, 1.82) is 0 Å². The number of halogens is 1. The molecular weight excluding hydrogens is 439 g/mol. The molecule has 1 unspecified atom stereocenters. The van der Waals surface area contributed by atoms with E-state index < -0.39 is 10.0 Å². The minimum Gasteiger partial charge on any atom is -0.497 e. The Labute approximate surface area is 185 Å². The fraction of sp³-hybridized carbons (Fsp3) is 0.333. The lowest BCUT2D eigenvalue weighted by Gasteiger charge is -2.38. The molecule has 1 fully saturated rings. The van der Waals surface area contributed by atoms with Gasteiger partial charge < -0.3 is 9.64 Å². The van der Waals surface area contributed by atoms with Crippen LogP contribution < -0.4 is 9.64 Å². The molecule has 7 nitrogen and oxygen atoms in total. The van der Waals surface area contributed by atoms with Crippen LogP contribution in [-0.2, 0) is 16.4 Å². The fourth-order valence-corrected chi connectivity index (χ4v) is 5.92. The zero-order valence-corrected chi connectivity index (χ0v) is 18.9. The van der Waals surface area contributed by atoms with Gasteiger partial charge in [0.1, 0.15) is 17.4 Å². The van der Waals surface area contributed by atoms with Crippen LogP contribution in [-0.4, -0.2) is 54.9 Å². The zero-order valence-electron chi connectivity index (χ0n) is 17.2. The monoisotopic (exact) mass is 462 g/mol. The van der Waals surface area contributed by atoms with Crippen molar-refractivity contribution in [1.82, 2.24) is 13.7 Å². The molecule has 0 amide bonds. The third-order valence-corrected chi connectivity index (χ3v) is 8.08. The first kappa shape index (κ1) is 21.7. The minimum absolute atomic E-state index is 0.217. The van der Waals surface area contributed by atoms with Crippen molar-refractivity contribution < 1.29 is 17.5 Å². The summed E-state index contributed by atoms with van der Waals surface area (Å²) in [6.45, 7) is 3.32. The first-order chi connectivity index (χ1) is 14.9. The predicted molar refractivity (Wildman–Crippen MR) is 118 cm³/mol. The summed E-state index contributed by atoms with van der Waals surface area (Å²) in [5, 5.41) is 0.769. The van der Waals surface area contributed by atoms with Crippen molar-refractivity contribution >= 4 is 26.7 Å². The van der Waals surface area contributed by atoms with E-state index in [4.69, 9.17) is 4.74 Å². The highest BCUT2D eigenvalue weighted by Gasteiger charge is 2.34. The molecule has 1 atom stereocenters. The number of sulfonamides is 1. The molecule has 3 aromatic rings. The van der Waals surface area contributed by atoms with Gasteiger partial charge in [-0.05, 0) is 48.9 Å². The second-order valence-corrected chi connectivity index (χ2v) is 10.0. The van der Waals surface area contributed by atoms with E-state index in [-0.39, 0.29) is 16.8 Å². The average Bonchev–Trinajstić information content (AvgIpc) is 3.23. The highest BCUT2D eigenvalue weighted by molar-refractivity contribution is 7.89. The smallest absolute Gasteiger partial charge is 0.243 e. The van der Waals surface area contributed by atoms with Crippen LogP contribution in [0.4, 0.5) is 9.52 Å². The standard InChI is InChI=1S/C21H23FN4O3S2/c1-15-14-25(21-23-20(24-30-21)13-16-3-5-17(22)6-4-16)11-12-26(15)31(27,28)19-9-7-18(29-2)8-10-19/h3-10,15H,11-14H2,1-2H3. The van der Waals surface area contributed by atoms with Gasteiger partial charge in [0.25, 0.3) is 0 Å². The van der Waals surface area contributed by atoms with E-state index in [0.29, 0.717) is 37.6 Å². The van der Waals surface area contributed by atoms with Crippen LogP contribution in [0.5, 0.6) is 5.75 Å². The number of hydrogen-bond donors (Lipinski definition) is 0. The summed E-state index contributed by atoms with van der Waals surface area (Å²) in [6, 6.07) is 12.5. The number of rotatable bonds is 6. The molecule has 0 spiro atoms. The minimum atomic E-state index is -3.59.